The lowest BCUT2D eigenvalue weighted by Crippen LogP contribution is -2.44. The van der Waals surface area contributed by atoms with E-state index in [-0.39, 0.29) is 5.41 Å². The maximum Gasteiger partial charge on any atom is 0.222 e. The van der Waals surface area contributed by atoms with E-state index in [4.69, 9.17) is 4.74 Å². The van der Waals surface area contributed by atoms with Gasteiger partial charge in [0.15, 0.2) is 0 Å². The van der Waals surface area contributed by atoms with E-state index in [0.717, 1.165) is 58.5 Å². The Labute approximate surface area is 161 Å². The molecule has 0 aromatic heterocycles. The van der Waals surface area contributed by atoms with E-state index in [2.05, 4.69) is 39.5 Å². The van der Waals surface area contributed by atoms with Gasteiger partial charge in [0, 0.05) is 32.6 Å². The Bertz CT molecular complexity index is 442. The number of likely N-dealkylation sites (tertiary alicyclic amines) is 1. The zero-order valence-corrected chi connectivity index (χ0v) is 18.0. The minimum atomic E-state index is 0.280. The number of hydrogen-bond donors (Lipinski definition) is 0. The van der Waals surface area contributed by atoms with Gasteiger partial charge in [0.25, 0.3) is 0 Å². The standard InChI is InChI=1S/C22H42N2O2/c1-21(2,3)10-7-12-23-15-16-26-19(18-23)17-22(4,5)11-8-14-24-13-6-9-20(24)25/h19H,6-18H2,1-5H3. The SMILES string of the molecule is CC(C)(C)CCCN1CCOC(CC(C)(C)CCCN2CCCC2=O)C1. The number of rotatable bonds is 9. The highest BCUT2D eigenvalue weighted by Crippen LogP contribution is 2.31. The zero-order valence-electron chi connectivity index (χ0n) is 18.0. The first-order valence-corrected chi connectivity index (χ1v) is 10.8. The molecule has 0 aromatic carbocycles. The number of amides is 1. The van der Waals surface area contributed by atoms with Crippen LogP contribution in [0.3, 0.4) is 0 Å². The van der Waals surface area contributed by atoms with Crippen LogP contribution >= 0.6 is 0 Å². The quantitative estimate of drug-likeness (QED) is 0.609. The normalized spacial score (nSPS) is 23.0. The second kappa shape index (κ2) is 9.54. The summed E-state index contributed by atoms with van der Waals surface area (Å²) in [5, 5.41) is 0. The van der Waals surface area contributed by atoms with Crippen LogP contribution in [-0.4, -0.2) is 61.1 Å². The van der Waals surface area contributed by atoms with Crippen LogP contribution in [0.1, 0.15) is 79.6 Å². The van der Waals surface area contributed by atoms with Gasteiger partial charge in [-0.1, -0.05) is 34.6 Å². The molecule has 2 heterocycles. The Balaban J connectivity index is 1.67. The van der Waals surface area contributed by atoms with Gasteiger partial charge in [0.1, 0.15) is 0 Å². The van der Waals surface area contributed by atoms with Gasteiger partial charge >= 0.3 is 0 Å². The van der Waals surface area contributed by atoms with Crippen LogP contribution in [0.15, 0.2) is 0 Å². The summed E-state index contributed by atoms with van der Waals surface area (Å²) in [5.74, 6) is 0.351. The van der Waals surface area contributed by atoms with Crippen molar-refractivity contribution in [1.29, 1.82) is 0 Å². The highest BCUT2D eigenvalue weighted by molar-refractivity contribution is 5.77. The fraction of sp³-hybridized carbons (Fsp3) is 0.955. The molecule has 1 atom stereocenters. The van der Waals surface area contributed by atoms with Gasteiger partial charge in [-0.25, -0.2) is 0 Å². The monoisotopic (exact) mass is 366 g/mol. The topological polar surface area (TPSA) is 32.8 Å². The summed E-state index contributed by atoms with van der Waals surface area (Å²) in [6.07, 6.45) is 8.13. The van der Waals surface area contributed by atoms with Crippen molar-refractivity contribution >= 4 is 5.91 Å². The molecule has 0 radical (unpaired) electrons. The van der Waals surface area contributed by atoms with Gasteiger partial charge < -0.3 is 9.64 Å². The molecule has 1 amide bonds. The van der Waals surface area contributed by atoms with Crippen LogP contribution in [0.25, 0.3) is 0 Å². The fourth-order valence-corrected chi connectivity index (χ4v) is 4.35. The molecule has 0 aliphatic carbocycles. The first kappa shape index (κ1) is 21.7. The van der Waals surface area contributed by atoms with Gasteiger partial charge in [-0.3, -0.25) is 9.69 Å². The summed E-state index contributed by atoms with van der Waals surface area (Å²) in [6.45, 7) is 17.8. The van der Waals surface area contributed by atoms with Crippen molar-refractivity contribution in [3.8, 4) is 0 Å². The van der Waals surface area contributed by atoms with Gasteiger partial charge in [-0.2, -0.15) is 0 Å². The van der Waals surface area contributed by atoms with Gasteiger partial charge in [0.05, 0.1) is 12.7 Å². The summed E-state index contributed by atoms with van der Waals surface area (Å²) in [7, 11) is 0. The van der Waals surface area contributed by atoms with E-state index in [0.29, 0.717) is 17.4 Å². The number of ether oxygens (including phenoxy) is 1. The molecule has 0 N–H and O–H groups in total. The maximum atomic E-state index is 11.7. The zero-order chi connectivity index (χ0) is 19.2. The molecular formula is C22H42N2O2. The molecule has 2 aliphatic heterocycles. The Morgan fingerprint density at radius 1 is 1.04 bits per heavy atom. The Morgan fingerprint density at radius 2 is 1.77 bits per heavy atom. The molecule has 0 aromatic rings. The molecule has 4 heteroatoms. The first-order valence-electron chi connectivity index (χ1n) is 10.8. The van der Waals surface area contributed by atoms with Crippen molar-refractivity contribution in [3.63, 3.8) is 0 Å². The van der Waals surface area contributed by atoms with Gasteiger partial charge in [-0.05, 0) is 55.9 Å². The van der Waals surface area contributed by atoms with Crippen LogP contribution in [0.2, 0.25) is 0 Å². The molecule has 0 saturated carbocycles. The molecule has 2 rings (SSSR count). The lowest BCUT2D eigenvalue weighted by atomic mass is 9.81. The fourth-order valence-electron chi connectivity index (χ4n) is 4.35. The second-order valence-corrected chi connectivity index (χ2v) is 10.4. The third kappa shape index (κ3) is 7.96. The Kier molecular flexibility index (Phi) is 7.96. The van der Waals surface area contributed by atoms with Crippen LogP contribution in [0.5, 0.6) is 0 Å². The lowest BCUT2D eigenvalue weighted by molar-refractivity contribution is -0.127. The molecule has 2 saturated heterocycles. The smallest absolute Gasteiger partial charge is 0.222 e. The predicted octanol–water partition coefficient (Wildman–Crippen LogP) is 4.33. The molecule has 1 unspecified atom stereocenters. The van der Waals surface area contributed by atoms with Crippen LogP contribution < -0.4 is 0 Å². The second-order valence-electron chi connectivity index (χ2n) is 10.4. The highest BCUT2D eigenvalue weighted by atomic mass is 16.5. The van der Waals surface area contributed by atoms with Crippen molar-refractivity contribution in [3.05, 3.63) is 0 Å². The van der Waals surface area contributed by atoms with Crippen molar-refractivity contribution in [1.82, 2.24) is 9.80 Å². The van der Waals surface area contributed by atoms with Crippen molar-refractivity contribution in [2.24, 2.45) is 10.8 Å². The summed E-state index contributed by atoms with van der Waals surface area (Å²) < 4.78 is 6.08. The van der Waals surface area contributed by atoms with E-state index < -0.39 is 0 Å². The summed E-state index contributed by atoms with van der Waals surface area (Å²) in [5.41, 5.74) is 0.715. The third-order valence-corrected chi connectivity index (χ3v) is 5.86. The summed E-state index contributed by atoms with van der Waals surface area (Å²) in [4.78, 5) is 16.4. The number of carbonyl (C=O) groups excluding carboxylic acids is 1. The minimum Gasteiger partial charge on any atom is -0.376 e. The van der Waals surface area contributed by atoms with Crippen molar-refractivity contribution in [2.75, 3.05) is 39.3 Å². The lowest BCUT2D eigenvalue weighted by Gasteiger charge is -2.37. The van der Waals surface area contributed by atoms with E-state index in [1.807, 2.05) is 4.90 Å². The molecular weight excluding hydrogens is 324 g/mol. The van der Waals surface area contributed by atoms with Crippen LogP contribution in [-0.2, 0) is 9.53 Å². The number of morpholine rings is 1. The first-order chi connectivity index (χ1) is 12.1. The molecule has 0 spiro atoms. The summed E-state index contributed by atoms with van der Waals surface area (Å²) in [6, 6.07) is 0. The minimum absolute atomic E-state index is 0.280. The van der Waals surface area contributed by atoms with Crippen molar-refractivity contribution in [2.45, 2.75) is 85.7 Å². The molecule has 2 fully saturated rings. The number of carbonyl (C=O) groups is 1. The van der Waals surface area contributed by atoms with Crippen LogP contribution in [0, 0.1) is 10.8 Å². The molecule has 26 heavy (non-hydrogen) atoms. The summed E-state index contributed by atoms with van der Waals surface area (Å²) >= 11 is 0. The van der Waals surface area contributed by atoms with Gasteiger partial charge in [-0.15, -0.1) is 0 Å². The Hall–Kier alpha value is -0.610. The molecule has 2 aliphatic rings. The van der Waals surface area contributed by atoms with E-state index in [9.17, 15) is 4.79 Å². The highest BCUT2D eigenvalue weighted by Gasteiger charge is 2.28. The molecule has 4 nitrogen and oxygen atoms in total. The maximum absolute atomic E-state index is 11.7. The third-order valence-electron chi connectivity index (χ3n) is 5.86. The molecule has 152 valence electrons. The van der Waals surface area contributed by atoms with Crippen LogP contribution in [0.4, 0.5) is 0 Å². The largest absolute Gasteiger partial charge is 0.376 e. The van der Waals surface area contributed by atoms with Gasteiger partial charge in [0.2, 0.25) is 5.91 Å². The van der Waals surface area contributed by atoms with E-state index in [1.165, 1.54) is 25.8 Å². The number of hydrogen-bond acceptors (Lipinski definition) is 3. The van der Waals surface area contributed by atoms with Crippen molar-refractivity contribution < 1.29 is 9.53 Å². The van der Waals surface area contributed by atoms with E-state index in [1.54, 1.807) is 0 Å². The van der Waals surface area contributed by atoms with E-state index >= 15 is 0 Å². The Morgan fingerprint density at radius 3 is 2.42 bits per heavy atom. The molecule has 0 bridgehead atoms. The average Bonchev–Trinajstić information content (AvgIpc) is 2.91. The average molecular weight is 367 g/mol. The number of nitrogens with zero attached hydrogens (tertiary/aromatic N) is 2. The predicted molar refractivity (Wildman–Crippen MR) is 108 cm³/mol.